The van der Waals surface area contributed by atoms with Crippen LogP contribution in [0.4, 0.5) is 5.13 Å². The highest BCUT2D eigenvalue weighted by atomic mass is 35.5. The van der Waals surface area contributed by atoms with Crippen molar-refractivity contribution in [3.8, 4) is 0 Å². The molecule has 5 nitrogen and oxygen atoms in total. The normalized spacial score (nSPS) is 24.8. The fourth-order valence-corrected chi connectivity index (χ4v) is 6.45. The number of nitrogens with zero attached hydrogens (tertiary/aromatic N) is 4. The van der Waals surface area contributed by atoms with Gasteiger partial charge in [-0.2, -0.15) is 0 Å². The quantitative estimate of drug-likeness (QED) is 0.594. The molecule has 3 fully saturated rings. The summed E-state index contributed by atoms with van der Waals surface area (Å²) < 4.78 is 5.97. The number of hydrogen-bond donors (Lipinski definition) is 0. The maximum atomic E-state index is 6.49. The number of halogens is 1. The molecule has 2 saturated heterocycles. The zero-order valence-corrected chi connectivity index (χ0v) is 19.7. The standard InChI is InChI=1S/C22H37ClN4OS/c1-25(2)22-24-21(23)20(29-22)16-26(15-19-8-5-13-28-19)14-17-9-11-27(12-10-17)18-6-3-4-7-18/h17-19H,3-16H2,1-2H3. The van der Waals surface area contributed by atoms with E-state index in [2.05, 4.69) is 14.8 Å². The summed E-state index contributed by atoms with van der Waals surface area (Å²) in [5.74, 6) is 0.786. The van der Waals surface area contributed by atoms with Crippen molar-refractivity contribution in [2.24, 2.45) is 5.92 Å². The smallest absolute Gasteiger partial charge is 0.186 e. The molecule has 0 bridgehead atoms. The highest BCUT2D eigenvalue weighted by Crippen LogP contribution is 2.32. The second-order valence-corrected chi connectivity index (χ2v) is 10.8. The van der Waals surface area contributed by atoms with Crippen LogP contribution < -0.4 is 4.90 Å². The Labute approximate surface area is 185 Å². The van der Waals surface area contributed by atoms with Crippen molar-refractivity contribution in [3.05, 3.63) is 10.0 Å². The molecule has 0 N–H and O–H groups in total. The van der Waals surface area contributed by atoms with Gasteiger partial charge in [0, 0.05) is 46.4 Å². The molecule has 2 aliphatic heterocycles. The van der Waals surface area contributed by atoms with Crippen LogP contribution in [-0.2, 0) is 11.3 Å². The van der Waals surface area contributed by atoms with Crippen molar-refractivity contribution < 1.29 is 4.74 Å². The highest BCUT2D eigenvalue weighted by Gasteiger charge is 2.29. The van der Waals surface area contributed by atoms with Gasteiger partial charge in [0.15, 0.2) is 5.13 Å². The summed E-state index contributed by atoms with van der Waals surface area (Å²) in [5.41, 5.74) is 0. The minimum absolute atomic E-state index is 0.383. The minimum Gasteiger partial charge on any atom is -0.377 e. The van der Waals surface area contributed by atoms with Crippen LogP contribution in [-0.4, -0.2) is 73.8 Å². The zero-order valence-electron chi connectivity index (χ0n) is 18.1. The zero-order chi connectivity index (χ0) is 20.2. The monoisotopic (exact) mass is 440 g/mol. The van der Waals surface area contributed by atoms with E-state index in [1.165, 1.54) is 69.3 Å². The second-order valence-electron chi connectivity index (χ2n) is 9.35. The molecule has 0 spiro atoms. The summed E-state index contributed by atoms with van der Waals surface area (Å²) in [6.45, 7) is 6.57. The van der Waals surface area contributed by atoms with Crippen LogP contribution in [0.2, 0.25) is 5.15 Å². The van der Waals surface area contributed by atoms with E-state index < -0.39 is 0 Å². The summed E-state index contributed by atoms with van der Waals surface area (Å²) in [6.07, 6.45) is 11.2. The lowest BCUT2D eigenvalue weighted by molar-refractivity contribution is 0.0543. The van der Waals surface area contributed by atoms with Gasteiger partial charge in [-0.3, -0.25) is 4.90 Å². The van der Waals surface area contributed by atoms with Crippen LogP contribution in [0.3, 0.4) is 0 Å². The van der Waals surface area contributed by atoms with Crippen LogP contribution in [0.15, 0.2) is 0 Å². The van der Waals surface area contributed by atoms with Gasteiger partial charge in [0.2, 0.25) is 0 Å². The van der Waals surface area contributed by atoms with E-state index in [9.17, 15) is 0 Å². The molecule has 3 aliphatic rings. The molecule has 0 aromatic carbocycles. The lowest BCUT2D eigenvalue weighted by Crippen LogP contribution is -2.43. The molecule has 1 aliphatic carbocycles. The summed E-state index contributed by atoms with van der Waals surface area (Å²) in [5, 5.41) is 1.67. The Balaban J connectivity index is 1.35. The number of thiazole rings is 1. The molecule has 1 atom stereocenters. The topological polar surface area (TPSA) is 31.8 Å². The molecule has 4 rings (SSSR count). The molecule has 0 amide bonds. The van der Waals surface area contributed by atoms with Gasteiger partial charge in [0.1, 0.15) is 5.15 Å². The van der Waals surface area contributed by atoms with Gasteiger partial charge in [-0.05, 0) is 57.5 Å². The Hall–Kier alpha value is -0.400. The van der Waals surface area contributed by atoms with Crippen LogP contribution in [0.5, 0.6) is 0 Å². The van der Waals surface area contributed by atoms with E-state index >= 15 is 0 Å². The molecule has 7 heteroatoms. The number of piperidine rings is 1. The van der Waals surface area contributed by atoms with Crippen molar-refractivity contribution in [2.45, 2.75) is 70.1 Å². The summed E-state index contributed by atoms with van der Waals surface area (Å²) in [4.78, 5) is 13.2. The fourth-order valence-electron chi connectivity index (χ4n) is 5.23. The van der Waals surface area contributed by atoms with E-state index in [-0.39, 0.29) is 0 Å². The van der Waals surface area contributed by atoms with Gasteiger partial charge in [-0.25, -0.2) is 4.98 Å². The van der Waals surface area contributed by atoms with Crippen molar-refractivity contribution in [1.29, 1.82) is 0 Å². The van der Waals surface area contributed by atoms with Crippen LogP contribution in [0, 0.1) is 5.92 Å². The van der Waals surface area contributed by atoms with Crippen molar-refractivity contribution in [1.82, 2.24) is 14.8 Å². The van der Waals surface area contributed by atoms with Crippen molar-refractivity contribution in [2.75, 3.05) is 51.8 Å². The average molecular weight is 441 g/mol. The van der Waals surface area contributed by atoms with E-state index in [1.54, 1.807) is 11.3 Å². The minimum atomic E-state index is 0.383. The van der Waals surface area contributed by atoms with Gasteiger partial charge in [-0.15, -0.1) is 0 Å². The Bertz CT molecular complexity index is 635. The molecule has 1 aromatic heterocycles. The first-order chi connectivity index (χ1) is 14.1. The van der Waals surface area contributed by atoms with Gasteiger partial charge >= 0.3 is 0 Å². The van der Waals surface area contributed by atoms with Crippen molar-refractivity contribution in [3.63, 3.8) is 0 Å². The first-order valence-electron chi connectivity index (χ1n) is 11.5. The number of rotatable bonds is 8. The third kappa shape index (κ3) is 5.85. The predicted octanol–water partition coefficient (Wildman–Crippen LogP) is 4.50. The Morgan fingerprint density at radius 2 is 1.83 bits per heavy atom. The van der Waals surface area contributed by atoms with Gasteiger partial charge in [0.05, 0.1) is 11.0 Å². The Kier molecular flexibility index (Phi) is 7.73. The molecule has 1 unspecified atom stereocenters. The van der Waals surface area contributed by atoms with E-state index in [0.717, 1.165) is 43.3 Å². The van der Waals surface area contributed by atoms with E-state index in [1.807, 2.05) is 19.0 Å². The number of aromatic nitrogens is 1. The number of ether oxygens (including phenoxy) is 1. The molecule has 164 valence electrons. The SMILES string of the molecule is CN(C)c1nc(Cl)c(CN(CC2CCN(C3CCCC3)CC2)CC2CCCO2)s1. The largest absolute Gasteiger partial charge is 0.377 e. The van der Waals surface area contributed by atoms with Crippen molar-refractivity contribution >= 4 is 28.1 Å². The highest BCUT2D eigenvalue weighted by molar-refractivity contribution is 7.16. The molecule has 1 saturated carbocycles. The summed E-state index contributed by atoms with van der Waals surface area (Å²) >= 11 is 8.22. The Morgan fingerprint density at radius 1 is 1.07 bits per heavy atom. The number of anilines is 1. The lowest BCUT2D eigenvalue weighted by Gasteiger charge is -2.38. The van der Waals surface area contributed by atoms with Crippen LogP contribution in [0.1, 0.15) is 56.2 Å². The third-order valence-electron chi connectivity index (χ3n) is 6.88. The number of likely N-dealkylation sites (tertiary alicyclic amines) is 1. The third-order valence-corrected chi connectivity index (χ3v) is 8.51. The van der Waals surface area contributed by atoms with E-state index in [0.29, 0.717) is 11.3 Å². The predicted molar refractivity (Wildman–Crippen MR) is 122 cm³/mol. The van der Waals surface area contributed by atoms with Gasteiger partial charge in [-0.1, -0.05) is 35.8 Å². The van der Waals surface area contributed by atoms with Crippen LogP contribution in [0.25, 0.3) is 0 Å². The lowest BCUT2D eigenvalue weighted by atomic mass is 9.94. The fraction of sp³-hybridized carbons (Fsp3) is 0.864. The van der Waals surface area contributed by atoms with Gasteiger partial charge < -0.3 is 14.5 Å². The summed E-state index contributed by atoms with van der Waals surface area (Å²) in [6, 6.07) is 0.874. The Morgan fingerprint density at radius 3 is 2.45 bits per heavy atom. The molecular formula is C22H37ClN4OS. The van der Waals surface area contributed by atoms with E-state index in [4.69, 9.17) is 16.3 Å². The van der Waals surface area contributed by atoms with Crippen LogP contribution >= 0.6 is 22.9 Å². The molecule has 1 aromatic rings. The maximum absolute atomic E-state index is 6.49. The number of hydrogen-bond acceptors (Lipinski definition) is 6. The molecular weight excluding hydrogens is 404 g/mol. The maximum Gasteiger partial charge on any atom is 0.186 e. The average Bonchev–Trinajstić information content (AvgIpc) is 3.46. The van der Waals surface area contributed by atoms with Gasteiger partial charge in [0.25, 0.3) is 0 Å². The molecule has 3 heterocycles. The summed E-state index contributed by atoms with van der Waals surface area (Å²) in [7, 11) is 4.06. The second kappa shape index (κ2) is 10.3. The molecule has 29 heavy (non-hydrogen) atoms. The first kappa shape index (κ1) is 21.8. The first-order valence-corrected chi connectivity index (χ1v) is 12.7. The molecule has 0 radical (unpaired) electrons.